The summed E-state index contributed by atoms with van der Waals surface area (Å²) < 4.78 is 0. The Kier molecular flexibility index (Phi) is 11.9. The highest BCUT2D eigenvalue weighted by Crippen LogP contribution is 2.54. The van der Waals surface area contributed by atoms with Gasteiger partial charge in [0, 0.05) is 34.0 Å². The summed E-state index contributed by atoms with van der Waals surface area (Å²) in [6, 6.07) is 51.7. The van der Waals surface area contributed by atoms with Crippen molar-refractivity contribution in [2.45, 2.75) is 201 Å². The van der Waals surface area contributed by atoms with Crippen molar-refractivity contribution in [1.82, 2.24) is 0 Å². The van der Waals surface area contributed by atoms with Crippen molar-refractivity contribution in [2.24, 2.45) is 0 Å². The molecule has 0 radical (unpaired) electrons. The lowest BCUT2D eigenvalue weighted by Crippen LogP contribution is -2.62. The van der Waals surface area contributed by atoms with Gasteiger partial charge in [-0.05, 0) is 202 Å². The summed E-state index contributed by atoms with van der Waals surface area (Å²) in [6.07, 6.45) is 4.72. The molecule has 0 saturated heterocycles. The lowest BCUT2D eigenvalue weighted by molar-refractivity contribution is 0.332. The molecule has 2 nitrogen and oxygen atoms in total. The molecule has 2 heterocycles. The fourth-order valence-corrected chi connectivity index (χ4v) is 13.6. The van der Waals surface area contributed by atoms with E-state index < -0.39 is 0 Å². The minimum atomic E-state index is -0.0630. The second-order valence-electron chi connectivity index (χ2n) is 29.9. The number of hydrogen-bond donors (Lipinski definition) is 0. The first-order valence-corrected chi connectivity index (χ1v) is 29.0. The fourth-order valence-electron chi connectivity index (χ4n) is 13.6. The molecule has 11 rings (SSSR count). The van der Waals surface area contributed by atoms with Crippen LogP contribution in [0.15, 0.2) is 127 Å². The van der Waals surface area contributed by atoms with Crippen molar-refractivity contribution < 1.29 is 0 Å². The highest BCUT2D eigenvalue weighted by molar-refractivity contribution is 7.00. The Morgan fingerprint density at radius 1 is 0.395 bits per heavy atom. The van der Waals surface area contributed by atoms with Gasteiger partial charge in [-0.2, -0.15) is 0 Å². The highest BCUT2D eigenvalue weighted by Gasteiger charge is 2.48. The molecule has 3 heteroatoms. The number of rotatable bonds is 5. The Hall–Kier alpha value is -5.80. The van der Waals surface area contributed by atoms with E-state index in [1.54, 1.807) is 0 Å². The van der Waals surface area contributed by atoms with Crippen LogP contribution < -0.4 is 26.2 Å². The van der Waals surface area contributed by atoms with E-state index in [2.05, 4.69) is 269 Å². The first kappa shape index (κ1) is 52.3. The molecule has 0 saturated carbocycles. The van der Waals surface area contributed by atoms with E-state index in [0.29, 0.717) is 5.92 Å². The molecule has 0 bridgehead atoms. The van der Waals surface area contributed by atoms with Crippen LogP contribution in [0.2, 0.25) is 0 Å². The van der Waals surface area contributed by atoms with Gasteiger partial charge in [-0.25, -0.2) is 0 Å². The van der Waals surface area contributed by atoms with E-state index >= 15 is 0 Å². The largest absolute Gasteiger partial charge is 0.311 e. The Bertz CT molecular complexity index is 3460. The maximum atomic E-state index is 2.73. The van der Waals surface area contributed by atoms with Gasteiger partial charge in [0.05, 0.1) is 5.69 Å². The van der Waals surface area contributed by atoms with Gasteiger partial charge < -0.3 is 9.80 Å². The predicted molar refractivity (Wildman–Crippen MR) is 332 cm³/mol. The summed E-state index contributed by atoms with van der Waals surface area (Å²) in [5.41, 5.74) is 28.5. The average molecular weight is 1000 g/mol. The zero-order valence-corrected chi connectivity index (χ0v) is 50.0. The van der Waals surface area contributed by atoms with Gasteiger partial charge in [0.15, 0.2) is 0 Å². The minimum absolute atomic E-state index is 0.0218. The summed E-state index contributed by atoms with van der Waals surface area (Å²) in [5, 5.41) is 0. The number of benzene rings is 7. The van der Waals surface area contributed by atoms with Crippen LogP contribution in [-0.4, -0.2) is 6.71 Å². The van der Waals surface area contributed by atoms with Crippen LogP contribution in [0.4, 0.5) is 34.1 Å². The number of nitrogens with zero attached hydrogens (tertiary/aromatic N) is 2. The summed E-state index contributed by atoms with van der Waals surface area (Å²) in [7, 11) is 0. The van der Waals surface area contributed by atoms with Crippen LogP contribution >= 0.6 is 0 Å². The van der Waals surface area contributed by atoms with Crippen molar-refractivity contribution in [1.29, 1.82) is 0 Å². The SMILES string of the molecule is CC(C)c1cc2c3c(c1)N(c1ccc(C(C)(C)C)cc1-c1cccc(-c4ccc(C(C)(C)C)cc4)c1)c1cc(C(C)(C)C)ccc1B3c1cc3c(cc1N2c1ccc2c(c1)C(C)(C)CCC2(C)C)C(C)(C)CCC3(C)C. The molecule has 392 valence electrons. The number of hydrogen-bond acceptors (Lipinski definition) is 2. The second kappa shape index (κ2) is 17.4. The predicted octanol–water partition coefficient (Wildman–Crippen LogP) is 18.8. The average Bonchev–Trinajstić information content (AvgIpc) is 3.35. The molecule has 76 heavy (non-hydrogen) atoms. The third kappa shape index (κ3) is 8.61. The lowest BCUT2D eigenvalue weighted by atomic mass is 9.33. The number of fused-ring (bicyclic) bond motifs is 6. The van der Waals surface area contributed by atoms with Crippen molar-refractivity contribution >= 4 is 57.2 Å². The van der Waals surface area contributed by atoms with Gasteiger partial charge in [0.1, 0.15) is 0 Å². The zero-order chi connectivity index (χ0) is 54.6. The Balaban J connectivity index is 1.24. The molecular weight excluding hydrogens is 916 g/mol. The van der Waals surface area contributed by atoms with Crippen LogP contribution in [0.5, 0.6) is 0 Å². The van der Waals surface area contributed by atoms with Gasteiger partial charge in [0.2, 0.25) is 0 Å². The number of anilines is 6. The Morgan fingerprint density at radius 2 is 0.895 bits per heavy atom. The van der Waals surface area contributed by atoms with Crippen LogP contribution in [0.1, 0.15) is 208 Å². The second-order valence-corrected chi connectivity index (χ2v) is 29.9. The summed E-state index contributed by atoms with van der Waals surface area (Å²) >= 11 is 0. The van der Waals surface area contributed by atoms with Gasteiger partial charge in [-0.15, -0.1) is 0 Å². The zero-order valence-electron chi connectivity index (χ0n) is 50.0. The maximum absolute atomic E-state index is 2.73. The third-order valence-electron chi connectivity index (χ3n) is 19.1. The van der Waals surface area contributed by atoms with Crippen molar-refractivity contribution in [3.05, 3.63) is 172 Å². The molecule has 0 aromatic heterocycles. The topological polar surface area (TPSA) is 6.48 Å². The highest BCUT2D eigenvalue weighted by atomic mass is 15.2. The molecule has 7 aromatic carbocycles. The van der Waals surface area contributed by atoms with Gasteiger partial charge >= 0.3 is 0 Å². The Labute approximate surface area is 459 Å². The standard InChI is InChI=1S/C73H87BN2/c1-45(2)49-38-64-66-65(39-49)76(61-32-28-51(68(6,7)8)40-54(61)48-22-20-21-47(37-48)46-23-25-50(26-24-46)67(3,4)5)62-41-52(69(9,10)11)27-31-59(62)74(66)60-43-57-58(73(18,19)36-35-72(57,16)17)44-63(60)75(64)53-29-30-55-56(42-53)71(14,15)34-33-70(55,12)13/h20-32,37-45H,33-36H2,1-19H3. The third-order valence-corrected chi connectivity index (χ3v) is 19.1. The molecule has 0 amide bonds. The normalized spacial score (nSPS) is 17.9. The molecule has 7 aromatic rings. The molecular formula is C73H87BN2. The van der Waals surface area contributed by atoms with Crippen molar-refractivity contribution in [3.63, 3.8) is 0 Å². The van der Waals surface area contributed by atoms with Gasteiger partial charge in [0.25, 0.3) is 6.71 Å². The van der Waals surface area contributed by atoms with Crippen LogP contribution in [0.25, 0.3) is 22.3 Å². The van der Waals surface area contributed by atoms with Crippen LogP contribution in [0, 0.1) is 0 Å². The molecule has 0 fully saturated rings. The molecule has 4 aliphatic rings. The first-order chi connectivity index (χ1) is 35.4. The molecule has 0 atom stereocenters. The van der Waals surface area contributed by atoms with E-state index in [4.69, 9.17) is 0 Å². The van der Waals surface area contributed by atoms with Crippen LogP contribution in [-0.2, 0) is 37.9 Å². The van der Waals surface area contributed by atoms with E-state index in [9.17, 15) is 0 Å². The quantitative estimate of drug-likeness (QED) is 0.159. The smallest absolute Gasteiger partial charge is 0.252 e. The molecule has 2 aliphatic carbocycles. The van der Waals surface area contributed by atoms with Gasteiger partial charge in [-0.3, -0.25) is 0 Å². The first-order valence-electron chi connectivity index (χ1n) is 29.0. The molecule has 0 spiro atoms. The van der Waals surface area contributed by atoms with E-state index in [0.717, 1.165) is 0 Å². The minimum Gasteiger partial charge on any atom is -0.311 e. The summed E-state index contributed by atoms with van der Waals surface area (Å²) in [6.45, 7) is 45.7. The lowest BCUT2D eigenvalue weighted by Gasteiger charge is -2.48. The Morgan fingerprint density at radius 3 is 1.49 bits per heavy atom. The van der Waals surface area contributed by atoms with Crippen LogP contribution in [0.3, 0.4) is 0 Å². The van der Waals surface area contributed by atoms with E-state index in [-0.39, 0.29) is 44.6 Å². The monoisotopic (exact) mass is 1000 g/mol. The molecule has 2 aliphatic heterocycles. The van der Waals surface area contributed by atoms with Crippen molar-refractivity contribution in [3.8, 4) is 22.3 Å². The van der Waals surface area contributed by atoms with E-state index in [1.165, 1.54) is 143 Å². The summed E-state index contributed by atoms with van der Waals surface area (Å²) in [5.74, 6) is 0.294. The van der Waals surface area contributed by atoms with Crippen molar-refractivity contribution in [2.75, 3.05) is 9.80 Å². The summed E-state index contributed by atoms with van der Waals surface area (Å²) in [4.78, 5) is 5.45. The molecule has 0 N–H and O–H groups in total. The molecule has 0 unspecified atom stereocenters. The van der Waals surface area contributed by atoms with E-state index in [1.807, 2.05) is 0 Å². The fraction of sp³-hybridized carbons (Fsp3) is 0.425. The maximum Gasteiger partial charge on any atom is 0.252 e. The van der Waals surface area contributed by atoms with Gasteiger partial charge in [-0.1, -0.05) is 204 Å².